The van der Waals surface area contributed by atoms with Crippen LogP contribution in [0.5, 0.6) is 0 Å². The van der Waals surface area contributed by atoms with Crippen LogP contribution in [0.3, 0.4) is 0 Å². The fraction of sp³-hybridized carbons (Fsp3) is 0.344. The summed E-state index contributed by atoms with van der Waals surface area (Å²) in [6, 6.07) is 21.4. The van der Waals surface area contributed by atoms with Gasteiger partial charge in [-0.25, -0.2) is 9.97 Å². The molecule has 0 bridgehead atoms. The van der Waals surface area contributed by atoms with Crippen molar-refractivity contribution in [3.05, 3.63) is 88.6 Å². The summed E-state index contributed by atoms with van der Waals surface area (Å²) in [5.74, 6) is 0.780. The van der Waals surface area contributed by atoms with Crippen molar-refractivity contribution in [1.29, 1.82) is 0 Å². The molecule has 3 aromatic carbocycles. The predicted molar refractivity (Wildman–Crippen MR) is 153 cm³/mol. The Balaban J connectivity index is 1.18. The van der Waals surface area contributed by atoms with E-state index in [1.54, 1.807) is 0 Å². The van der Waals surface area contributed by atoms with E-state index in [1.807, 2.05) is 36.1 Å². The average Bonchev–Trinajstić information content (AvgIpc) is 2.93. The molecule has 2 aliphatic heterocycles. The summed E-state index contributed by atoms with van der Waals surface area (Å²) in [5.41, 5.74) is 9.23. The number of hydrogen-bond acceptors (Lipinski definition) is 5. The van der Waals surface area contributed by atoms with E-state index in [0.29, 0.717) is 5.95 Å². The topological polar surface area (TPSA) is 70.2 Å². The highest BCUT2D eigenvalue weighted by Gasteiger charge is 2.30. The van der Waals surface area contributed by atoms with Gasteiger partial charge in [0.25, 0.3) is 5.91 Å². The largest absolute Gasteiger partial charge is 0.351 e. The van der Waals surface area contributed by atoms with E-state index in [1.165, 1.54) is 22.3 Å². The third-order valence-corrected chi connectivity index (χ3v) is 8.11. The van der Waals surface area contributed by atoms with E-state index in [9.17, 15) is 4.79 Å². The van der Waals surface area contributed by atoms with Crippen LogP contribution in [0.4, 0.5) is 5.95 Å². The van der Waals surface area contributed by atoms with Crippen molar-refractivity contribution in [3.63, 3.8) is 0 Å². The minimum absolute atomic E-state index is 0.112. The minimum atomic E-state index is 0.112. The predicted octanol–water partition coefficient (Wildman–Crippen LogP) is 5.66. The Hall–Kier alpha value is -3.77. The summed E-state index contributed by atoms with van der Waals surface area (Å²) in [4.78, 5) is 24.8. The van der Waals surface area contributed by atoms with Gasteiger partial charge in [-0.15, -0.1) is 0 Å². The zero-order valence-electron chi connectivity index (χ0n) is 22.4. The molecule has 6 rings (SSSR count). The Morgan fingerprint density at radius 3 is 2.71 bits per heavy atom. The van der Waals surface area contributed by atoms with Gasteiger partial charge in [0.05, 0.1) is 11.2 Å². The van der Waals surface area contributed by atoms with Crippen LogP contribution in [0.2, 0.25) is 0 Å². The van der Waals surface area contributed by atoms with Crippen LogP contribution < -0.4 is 10.6 Å². The number of nitrogens with zero attached hydrogens (tertiary/aromatic N) is 3. The lowest BCUT2D eigenvalue weighted by Crippen LogP contribution is -2.48. The molecule has 0 saturated carbocycles. The zero-order valence-corrected chi connectivity index (χ0v) is 22.4. The van der Waals surface area contributed by atoms with Crippen molar-refractivity contribution < 1.29 is 4.79 Å². The van der Waals surface area contributed by atoms with E-state index in [2.05, 4.69) is 60.9 Å². The average molecular weight is 506 g/mol. The highest BCUT2D eigenvalue weighted by Crippen LogP contribution is 2.31. The number of carbonyl (C=O) groups is 1. The number of aryl methyl sites for hydroxylation is 2. The fourth-order valence-electron chi connectivity index (χ4n) is 5.97. The van der Waals surface area contributed by atoms with Gasteiger partial charge in [-0.1, -0.05) is 42.0 Å². The van der Waals surface area contributed by atoms with Gasteiger partial charge in [-0.05, 0) is 93.1 Å². The molecule has 6 nitrogen and oxygen atoms in total. The third-order valence-electron chi connectivity index (χ3n) is 8.11. The second kappa shape index (κ2) is 10.2. The molecule has 2 atom stereocenters. The molecule has 6 heteroatoms. The first-order valence-electron chi connectivity index (χ1n) is 13.7. The number of piperidine rings is 1. The molecule has 3 heterocycles. The first-order chi connectivity index (χ1) is 18.5. The first-order valence-corrected chi connectivity index (χ1v) is 13.7. The van der Waals surface area contributed by atoms with Gasteiger partial charge >= 0.3 is 0 Å². The standard InChI is InChI=1S/C32H35N5O/c1-20-7-9-23(10-8-20)31(38)37-16-14-26(17-21(37)2)35-32-34-22(3)29-18-24(11-12-30(29)36-32)27-6-4-5-25-19-33-15-13-28(25)27/h4-12,18,21,26,33H,13-17,19H2,1-3H3,(H,34,35,36). The molecule has 1 saturated heterocycles. The van der Waals surface area contributed by atoms with Crippen molar-refractivity contribution in [3.8, 4) is 11.1 Å². The third kappa shape index (κ3) is 4.76. The number of nitrogens with one attached hydrogen (secondary N) is 2. The second-order valence-electron chi connectivity index (χ2n) is 10.8. The number of benzene rings is 3. The maximum absolute atomic E-state index is 13.1. The zero-order chi connectivity index (χ0) is 26.2. The van der Waals surface area contributed by atoms with Gasteiger partial charge in [0.2, 0.25) is 5.95 Å². The first kappa shape index (κ1) is 24.6. The summed E-state index contributed by atoms with van der Waals surface area (Å²) in [6.07, 6.45) is 2.79. The highest BCUT2D eigenvalue weighted by atomic mass is 16.2. The molecule has 0 spiro atoms. The summed E-state index contributed by atoms with van der Waals surface area (Å²) in [6.45, 7) is 8.91. The fourth-order valence-corrected chi connectivity index (χ4v) is 5.97. The van der Waals surface area contributed by atoms with Gasteiger partial charge in [0.15, 0.2) is 0 Å². The van der Waals surface area contributed by atoms with Crippen LogP contribution in [-0.2, 0) is 13.0 Å². The van der Waals surface area contributed by atoms with Crippen LogP contribution in [0.15, 0.2) is 60.7 Å². The van der Waals surface area contributed by atoms with E-state index in [4.69, 9.17) is 9.97 Å². The van der Waals surface area contributed by atoms with Gasteiger partial charge in [0.1, 0.15) is 0 Å². The molecule has 1 amide bonds. The van der Waals surface area contributed by atoms with Crippen molar-refractivity contribution >= 4 is 22.8 Å². The minimum Gasteiger partial charge on any atom is -0.351 e. The molecule has 38 heavy (non-hydrogen) atoms. The SMILES string of the molecule is Cc1ccc(C(=O)N2CCC(Nc3nc(C)c4cc(-c5cccc6c5CCNC6)ccc4n3)CC2C)cc1. The number of rotatable bonds is 4. The number of likely N-dealkylation sites (tertiary alicyclic amines) is 1. The number of fused-ring (bicyclic) bond motifs is 2. The summed E-state index contributed by atoms with van der Waals surface area (Å²) in [7, 11) is 0. The monoisotopic (exact) mass is 505 g/mol. The lowest BCUT2D eigenvalue weighted by Gasteiger charge is -2.38. The number of hydrogen-bond donors (Lipinski definition) is 2. The smallest absolute Gasteiger partial charge is 0.254 e. The van der Waals surface area contributed by atoms with Crippen molar-refractivity contribution in [2.45, 2.75) is 58.7 Å². The Kier molecular flexibility index (Phi) is 6.58. The Labute approximate surface area is 224 Å². The van der Waals surface area contributed by atoms with Crippen LogP contribution in [0.1, 0.15) is 52.5 Å². The molecule has 1 fully saturated rings. The lowest BCUT2D eigenvalue weighted by molar-refractivity contribution is 0.0625. The van der Waals surface area contributed by atoms with E-state index >= 15 is 0 Å². The van der Waals surface area contributed by atoms with Crippen LogP contribution in [0, 0.1) is 13.8 Å². The maximum atomic E-state index is 13.1. The molecule has 194 valence electrons. The second-order valence-corrected chi connectivity index (χ2v) is 10.8. The molecule has 2 aliphatic rings. The summed E-state index contributed by atoms with van der Waals surface area (Å²) >= 11 is 0. The number of amides is 1. The van der Waals surface area contributed by atoms with Crippen LogP contribution >= 0.6 is 0 Å². The summed E-state index contributed by atoms with van der Waals surface area (Å²) in [5, 5.41) is 8.13. The van der Waals surface area contributed by atoms with Crippen molar-refractivity contribution in [1.82, 2.24) is 20.2 Å². The molecule has 2 unspecified atom stereocenters. The Morgan fingerprint density at radius 2 is 1.89 bits per heavy atom. The van der Waals surface area contributed by atoms with Crippen LogP contribution in [-0.4, -0.2) is 45.9 Å². The van der Waals surface area contributed by atoms with E-state index in [0.717, 1.165) is 66.6 Å². The number of carbonyl (C=O) groups excluding carboxylic acids is 1. The van der Waals surface area contributed by atoms with Crippen molar-refractivity contribution in [2.75, 3.05) is 18.4 Å². The van der Waals surface area contributed by atoms with Crippen molar-refractivity contribution in [2.24, 2.45) is 0 Å². The molecule has 4 aromatic rings. The van der Waals surface area contributed by atoms with E-state index in [-0.39, 0.29) is 18.0 Å². The number of anilines is 1. The Morgan fingerprint density at radius 1 is 1.05 bits per heavy atom. The highest BCUT2D eigenvalue weighted by molar-refractivity contribution is 5.94. The maximum Gasteiger partial charge on any atom is 0.254 e. The van der Waals surface area contributed by atoms with E-state index < -0.39 is 0 Å². The molecule has 1 aromatic heterocycles. The van der Waals surface area contributed by atoms with Gasteiger partial charge in [-0.3, -0.25) is 4.79 Å². The molecule has 2 N–H and O–H groups in total. The molecule has 0 radical (unpaired) electrons. The summed E-state index contributed by atoms with van der Waals surface area (Å²) < 4.78 is 0. The van der Waals surface area contributed by atoms with Gasteiger partial charge in [0, 0.05) is 36.1 Å². The molecule has 0 aliphatic carbocycles. The number of aromatic nitrogens is 2. The van der Waals surface area contributed by atoms with Gasteiger partial charge in [-0.2, -0.15) is 0 Å². The van der Waals surface area contributed by atoms with Gasteiger partial charge < -0.3 is 15.5 Å². The van der Waals surface area contributed by atoms with Crippen LogP contribution in [0.25, 0.3) is 22.0 Å². The quantitative estimate of drug-likeness (QED) is 0.374. The normalized spacial score (nSPS) is 19.3. The molecular weight excluding hydrogens is 470 g/mol. The Bertz CT molecular complexity index is 1500. The lowest BCUT2D eigenvalue weighted by atomic mass is 9.91. The molecular formula is C32H35N5O.